The van der Waals surface area contributed by atoms with Gasteiger partial charge in [-0.25, -0.2) is 0 Å². The highest BCUT2D eigenvalue weighted by Crippen LogP contribution is 2.36. The molecule has 96 valence electrons. The van der Waals surface area contributed by atoms with Crippen LogP contribution in [-0.4, -0.2) is 12.3 Å². The molecule has 0 bridgehead atoms. The third kappa shape index (κ3) is 2.16. The number of benzene rings is 1. The second kappa shape index (κ2) is 5.13. The molecule has 1 unspecified atom stereocenters. The minimum atomic E-state index is 0.144. The first-order valence-electron chi connectivity index (χ1n) is 7.23. The summed E-state index contributed by atoms with van der Waals surface area (Å²) in [5.74, 6) is 0.976. The fourth-order valence-electron chi connectivity index (χ4n) is 3.44. The van der Waals surface area contributed by atoms with E-state index in [1.165, 1.54) is 24.8 Å². The molecule has 1 aliphatic heterocycles. The Morgan fingerprint density at radius 3 is 2.67 bits per heavy atom. The molecule has 0 aromatic heterocycles. The van der Waals surface area contributed by atoms with Gasteiger partial charge < -0.3 is 5.32 Å². The van der Waals surface area contributed by atoms with Gasteiger partial charge in [-0.15, -0.1) is 0 Å². The van der Waals surface area contributed by atoms with Gasteiger partial charge in [-0.2, -0.15) is 0 Å². The summed E-state index contributed by atoms with van der Waals surface area (Å²) in [6.07, 6.45) is 6.99. The van der Waals surface area contributed by atoms with Gasteiger partial charge in [0.25, 0.3) is 0 Å². The van der Waals surface area contributed by atoms with Crippen LogP contribution in [0.1, 0.15) is 50.0 Å². The van der Waals surface area contributed by atoms with Crippen LogP contribution in [-0.2, 0) is 4.79 Å². The molecule has 0 spiro atoms. The van der Waals surface area contributed by atoms with Crippen LogP contribution in [0.5, 0.6) is 0 Å². The van der Waals surface area contributed by atoms with Crippen molar-refractivity contribution >= 4 is 11.5 Å². The molecule has 1 aliphatic carbocycles. The molecule has 3 rings (SSSR count). The lowest BCUT2D eigenvalue weighted by Gasteiger charge is -2.30. The fourth-order valence-corrected chi connectivity index (χ4v) is 3.44. The predicted molar refractivity (Wildman–Crippen MR) is 73.9 cm³/mol. The predicted octanol–water partition coefficient (Wildman–Crippen LogP) is 3.74. The van der Waals surface area contributed by atoms with E-state index in [0.29, 0.717) is 11.7 Å². The maximum Gasteiger partial charge on any atom is 0.143 e. The van der Waals surface area contributed by atoms with Crippen molar-refractivity contribution in [2.75, 3.05) is 11.9 Å². The third-order valence-electron chi connectivity index (χ3n) is 4.44. The molecule has 0 radical (unpaired) electrons. The van der Waals surface area contributed by atoms with Gasteiger partial charge in [0.15, 0.2) is 0 Å². The largest absolute Gasteiger partial charge is 0.385 e. The number of para-hydroxylation sites is 1. The van der Waals surface area contributed by atoms with E-state index in [1.54, 1.807) is 0 Å². The van der Waals surface area contributed by atoms with Crippen LogP contribution in [0.2, 0.25) is 0 Å². The zero-order chi connectivity index (χ0) is 12.4. The molecule has 2 heteroatoms. The molecular weight excluding hydrogens is 222 g/mol. The van der Waals surface area contributed by atoms with Crippen molar-refractivity contribution in [3.63, 3.8) is 0 Å². The SMILES string of the molecule is O=C(C1CCCCC1)C1CCNc2ccccc21. The van der Waals surface area contributed by atoms with Crippen LogP contribution in [0.4, 0.5) is 5.69 Å². The van der Waals surface area contributed by atoms with E-state index in [2.05, 4.69) is 17.4 Å². The number of fused-ring (bicyclic) bond motifs is 1. The highest BCUT2D eigenvalue weighted by Gasteiger charge is 2.31. The second-order valence-corrected chi connectivity index (χ2v) is 5.59. The summed E-state index contributed by atoms with van der Waals surface area (Å²) in [6.45, 7) is 0.931. The lowest BCUT2D eigenvalue weighted by Crippen LogP contribution is -2.29. The van der Waals surface area contributed by atoms with Gasteiger partial charge in [-0.05, 0) is 30.9 Å². The van der Waals surface area contributed by atoms with Crippen LogP contribution in [0.3, 0.4) is 0 Å². The number of nitrogens with one attached hydrogen (secondary N) is 1. The molecule has 1 saturated carbocycles. The average Bonchev–Trinajstić information content (AvgIpc) is 2.47. The summed E-state index contributed by atoms with van der Waals surface area (Å²) in [4.78, 5) is 12.7. The second-order valence-electron chi connectivity index (χ2n) is 5.59. The standard InChI is InChI=1S/C16H21NO/c18-16(12-6-2-1-3-7-12)14-10-11-17-15-9-5-4-8-13(14)15/h4-5,8-9,12,14,17H,1-3,6-7,10-11H2. The van der Waals surface area contributed by atoms with Crippen molar-refractivity contribution < 1.29 is 4.79 Å². The number of hydrogen-bond acceptors (Lipinski definition) is 2. The molecule has 2 aliphatic rings. The van der Waals surface area contributed by atoms with E-state index in [-0.39, 0.29) is 5.92 Å². The van der Waals surface area contributed by atoms with E-state index < -0.39 is 0 Å². The van der Waals surface area contributed by atoms with Crippen LogP contribution in [0, 0.1) is 5.92 Å². The quantitative estimate of drug-likeness (QED) is 0.857. The van der Waals surface area contributed by atoms with Crippen LogP contribution >= 0.6 is 0 Å². The molecule has 1 aromatic carbocycles. The molecule has 1 N–H and O–H groups in total. The van der Waals surface area contributed by atoms with Gasteiger partial charge in [-0.3, -0.25) is 4.79 Å². The number of Topliss-reactive ketones (excluding diaryl/α,β-unsaturated/α-hetero) is 1. The van der Waals surface area contributed by atoms with E-state index in [9.17, 15) is 4.79 Å². The molecule has 2 nitrogen and oxygen atoms in total. The Kier molecular flexibility index (Phi) is 3.35. The smallest absolute Gasteiger partial charge is 0.143 e. The van der Waals surface area contributed by atoms with Gasteiger partial charge in [0.1, 0.15) is 5.78 Å². The summed E-state index contributed by atoms with van der Waals surface area (Å²) in [7, 11) is 0. The van der Waals surface area contributed by atoms with E-state index >= 15 is 0 Å². The Morgan fingerprint density at radius 2 is 1.83 bits per heavy atom. The highest BCUT2D eigenvalue weighted by molar-refractivity contribution is 5.90. The summed E-state index contributed by atoms with van der Waals surface area (Å²) in [6, 6.07) is 8.30. The lowest BCUT2D eigenvalue weighted by atomic mass is 9.77. The fraction of sp³-hybridized carbons (Fsp3) is 0.562. The number of carbonyl (C=O) groups is 1. The van der Waals surface area contributed by atoms with Crippen LogP contribution in [0.25, 0.3) is 0 Å². The highest BCUT2D eigenvalue weighted by atomic mass is 16.1. The summed E-state index contributed by atoms with van der Waals surface area (Å²) in [5, 5.41) is 3.40. The molecule has 18 heavy (non-hydrogen) atoms. The van der Waals surface area contributed by atoms with Crippen molar-refractivity contribution in [3.05, 3.63) is 29.8 Å². The lowest BCUT2D eigenvalue weighted by molar-refractivity contribution is -0.125. The van der Waals surface area contributed by atoms with Crippen LogP contribution in [0.15, 0.2) is 24.3 Å². The van der Waals surface area contributed by atoms with Crippen molar-refractivity contribution in [1.29, 1.82) is 0 Å². The maximum absolute atomic E-state index is 12.7. The Morgan fingerprint density at radius 1 is 1.06 bits per heavy atom. The minimum absolute atomic E-state index is 0.144. The molecule has 0 amide bonds. The van der Waals surface area contributed by atoms with Crippen molar-refractivity contribution in [1.82, 2.24) is 0 Å². The van der Waals surface area contributed by atoms with Gasteiger partial charge in [0.05, 0.1) is 0 Å². The van der Waals surface area contributed by atoms with Gasteiger partial charge >= 0.3 is 0 Å². The van der Waals surface area contributed by atoms with Crippen molar-refractivity contribution in [2.45, 2.75) is 44.4 Å². The molecule has 0 saturated heterocycles. The maximum atomic E-state index is 12.7. The third-order valence-corrected chi connectivity index (χ3v) is 4.44. The van der Waals surface area contributed by atoms with E-state index in [4.69, 9.17) is 0 Å². The number of ketones is 1. The number of anilines is 1. The molecule has 1 fully saturated rings. The zero-order valence-electron chi connectivity index (χ0n) is 10.8. The topological polar surface area (TPSA) is 29.1 Å². The van der Waals surface area contributed by atoms with Crippen LogP contribution < -0.4 is 5.32 Å². The zero-order valence-corrected chi connectivity index (χ0v) is 10.8. The first-order chi connectivity index (χ1) is 8.86. The molecule has 1 atom stereocenters. The normalized spacial score (nSPS) is 24.1. The number of hydrogen-bond donors (Lipinski definition) is 1. The van der Waals surface area contributed by atoms with Gasteiger partial charge in [-0.1, -0.05) is 37.5 Å². The monoisotopic (exact) mass is 243 g/mol. The Hall–Kier alpha value is -1.31. The average molecular weight is 243 g/mol. The Balaban J connectivity index is 1.82. The minimum Gasteiger partial charge on any atom is -0.385 e. The first-order valence-corrected chi connectivity index (χ1v) is 7.23. The van der Waals surface area contributed by atoms with Gasteiger partial charge in [0, 0.05) is 24.1 Å². The summed E-state index contributed by atoms with van der Waals surface area (Å²) < 4.78 is 0. The van der Waals surface area contributed by atoms with Crippen molar-refractivity contribution in [2.24, 2.45) is 5.92 Å². The van der Waals surface area contributed by atoms with E-state index in [0.717, 1.165) is 31.5 Å². The molecule has 1 heterocycles. The number of carbonyl (C=O) groups excluding carboxylic acids is 1. The molecule has 1 aromatic rings. The Labute approximate surface area is 109 Å². The Bertz CT molecular complexity index is 434. The summed E-state index contributed by atoms with van der Waals surface area (Å²) >= 11 is 0. The van der Waals surface area contributed by atoms with Crippen molar-refractivity contribution in [3.8, 4) is 0 Å². The van der Waals surface area contributed by atoms with E-state index in [1.807, 2.05) is 12.1 Å². The molecular formula is C16H21NO. The number of rotatable bonds is 2. The summed E-state index contributed by atoms with van der Waals surface area (Å²) in [5.41, 5.74) is 2.39. The van der Waals surface area contributed by atoms with Gasteiger partial charge in [0.2, 0.25) is 0 Å². The first kappa shape index (κ1) is 11.8.